The lowest BCUT2D eigenvalue weighted by Gasteiger charge is -2.17. The van der Waals surface area contributed by atoms with Gasteiger partial charge in [0.2, 0.25) is 10.0 Å². The fourth-order valence-electron chi connectivity index (χ4n) is 2.37. The number of anilines is 1. The fourth-order valence-corrected chi connectivity index (χ4v) is 2.92. The maximum atomic E-state index is 12.4. The number of carbonyl (C=O) groups excluding carboxylic acids is 1. The molecule has 0 radical (unpaired) electrons. The molecule has 0 saturated heterocycles. The van der Waals surface area contributed by atoms with Crippen molar-refractivity contribution in [3.8, 4) is 0 Å². The molecule has 5 nitrogen and oxygen atoms in total. The van der Waals surface area contributed by atoms with Gasteiger partial charge in [-0.15, -0.1) is 0 Å². The third kappa shape index (κ3) is 4.82. The van der Waals surface area contributed by atoms with E-state index in [2.05, 4.69) is 10.0 Å². The molecule has 2 rings (SSSR count). The molecule has 0 spiro atoms. The van der Waals surface area contributed by atoms with Gasteiger partial charge in [-0.1, -0.05) is 30.3 Å². The van der Waals surface area contributed by atoms with E-state index < -0.39 is 10.0 Å². The Bertz CT molecular complexity index is 816. The lowest BCUT2D eigenvalue weighted by Crippen LogP contribution is -2.27. The smallest absolute Gasteiger partial charge is 0.251 e. The zero-order chi connectivity index (χ0) is 17.0. The molecule has 2 aromatic carbocycles. The molecule has 0 aliphatic heterocycles. The number of amides is 1. The van der Waals surface area contributed by atoms with Crippen LogP contribution in [0.4, 0.5) is 5.69 Å². The van der Waals surface area contributed by atoms with Crippen molar-refractivity contribution in [1.29, 1.82) is 0 Å². The summed E-state index contributed by atoms with van der Waals surface area (Å²) in [6, 6.07) is 14.1. The van der Waals surface area contributed by atoms with Gasteiger partial charge in [0.05, 0.1) is 12.3 Å². The van der Waals surface area contributed by atoms with Gasteiger partial charge in [-0.3, -0.25) is 9.52 Å². The molecule has 23 heavy (non-hydrogen) atoms. The molecule has 0 fully saturated rings. The average Bonchev–Trinajstić information content (AvgIpc) is 2.46. The number of sulfonamides is 1. The molecule has 0 heterocycles. The summed E-state index contributed by atoms with van der Waals surface area (Å²) in [5, 5.41) is 2.93. The number of hydrogen-bond acceptors (Lipinski definition) is 3. The van der Waals surface area contributed by atoms with E-state index in [9.17, 15) is 13.2 Å². The van der Waals surface area contributed by atoms with Gasteiger partial charge in [0.25, 0.3) is 5.91 Å². The van der Waals surface area contributed by atoms with Crippen LogP contribution in [0.15, 0.2) is 48.5 Å². The Morgan fingerprint density at radius 3 is 2.43 bits per heavy atom. The highest BCUT2D eigenvalue weighted by Gasteiger charge is 2.13. The Balaban J connectivity index is 2.15. The largest absolute Gasteiger partial charge is 0.346 e. The van der Waals surface area contributed by atoms with Crippen molar-refractivity contribution >= 4 is 21.6 Å². The first-order valence-electron chi connectivity index (χ1n) is 7.20. The Kier molecular flexibility index (Phi) is 5.05. The Labute approximate surface area is 136 Å². The second-order valence-electron chi connectivity index (χ2n) is 5.51. The summed E-state index contributed by atoms with van der Waals surface area (Å²) < 4.78 is 24.9. The van der Waals surface area contributed by atoms with Crippen molar-refractivity contribution in [2.24, 2.45) is 0 Å². The van der Waals surface area contributed by atoms with Crippen molar-refractivity contribution < 1.29 is 13.2 Å². The molecular formula is C17H20N2O3S. The van der Waals surface area contributed by atoms with E-state index in [1.807, 2.05) is 38.1 Å². The number of carbonyl (C=O) groups is 1. The molecule has 0 aromatic heterocycles. The Morgan fingerprint density at radius 1 is 1.09 bits per heavy atom. The van der Waals surface area contributed by atoms with Crippen LogP contribution in [0.3, 0.4) is 0 Å². The molecule has 2 aromatic rings. The summed E-state index contributed by atoms with van der Waals surface area (Å²) in [7, 11) is -3.37. The van der Waals surface area contributed by atoms with Crippen LogP contribution >= 0.6 is 0 Å². The average molecular weight is 332 g/mol. The third-order valence-electron chi connectivity index (χ3n) is 3.43. The van der Waals surface area contributed by atoms with Crippen LogP contribution in [0.1, 0.15) is 34.5 Å². The maximum Gasteiger partial charge on any atom is 0.251 e. The van der Waals surface area contributed by atoms with Gasteiger partial charge >= 0.3 is 0 Å². The minimum Gasteiger partial charge on any atom is -0.346 e. The van der Waals surface area contributed by atoms with Gasteiger partial charge in [-0.2, -0.15) is 0 Å². The van der Waals surface area contributed by atoms with Gasteiger partial charge in [0.1, 0.15) is 0 Å². The molecule has 1 atom stereocenters. The van der Waals surface area contributed by atoms with Gasteiger partial charge in [-0.25, -0.2) is 8.42 Å². The fraction of sp³-hybridized carbons (Fsp3) is 0.235. The molecule has 0 bridgehead atoms. The highest BCUT2D eigenvalue weighted by molar-refractivity contribution is 7.92. The first-order chi connectivity index (χ1) is 10.8. The van der Waals surface area contributed by atoms with Crippen molar-refractivity contribution in [2.75, 3.05) is 11.0 Å². The maximum absolute atomic E-state index is 12.4. The first kappa shape index (κ1) is 17.0. The highest BCUT2D eigenvalue weighted by Crippen LogP contribution is 2.18. The summed E-state index contributed by atoms with van der Waals surface area (Å²) in [5.41, 5.74) is 2.92. The van der Waals surface area contributed by atoms with E-state index in [-0.39, 0.29) is 11.9 Å². The Morgan fingerprint density at radius 2 is 1.78 bits per heavy atom. The molecule has 1 amide bonds. The van der Waals surface area contributed by atoms with Crippen LogP contribution in [0.25, 0.3) is 0 Å². The SMILES string of the molecule is Cc1ccccc1C(C)NC(=O)c1cccc(NS(C)(=O)=O)c1. The predicted octanol–water partition coefficient (Wildman–Crippen LogP) is 2.86. The standard InChI is InChI=1S/C17H20N2O3S/c1-12-7-4-5-10-16(12)13(2)18-17(20)14-8-6-9-15(11-14)19-23(3,21)22/h4-11,13,19H,1-3H3,(H,18,20). The molecule has 0 aliphatic carbocycles. The lowest BCUT2D eigenvalue weighted by molar-refractivity contribution is 0.0940. The molecule has 6 heteroatoms. The molecule has 0 saturated carbocycles. The van der Waals surface area contributed by atoms with Crippen LogP contribution in [0.5, 0.6) is 0 Å². The second kappa shape index (κ2) is 6.83. The molecule has 0 aliphatic rings. The quantitative estimate of drug-likeness (QED) is 0.884. The molecule has 1 unspecified atom stereocenters. The molecular weight excluding hydrogens is 312 g/mol. The van der Waals surface area contributed by atoms with Crippen LogP contribution in [0, 0.1) is 6.92 Å². The van der Waals surface area contributed by atoms with Crippen LogP contribution < -0.4 is 10.0 Å². The third-order valence-corrected chi connectivity index (χ3v) is 4.04. The van der Waals surface area contributed by atoms with Crippen LogP contribution in [-0.4, -0.2) is 20.6 Å². The topological polar surface area (TPSA) is 75.3 Å². The number of benzene rings is 2. The van der Waals surface area contributed by atoms with Crippen molar-refractivity contribution in [2.45, 2.75) is 19.9 Å². The van der Waals surface area contributed by atoms with Crippen molar-refractivity contribution in [1.82, 2.24) is 5.32 Å². The van der Waals surface area contributed by atoms with E-state index in [1.165, 1.54) is 6.07 Å². The van der Waals surface area contributed by atoms with E-state index in [1.54, 1.807) is 18.2 Å². The normalized spacial score (nSPS) is 12.5. The molecule has 2 N–H and O–H groups in total. The zero-order valence-electron chi connectivity index (χ0n) is 13.3. The summed E-state index contributed by atoms with van der Waals surface area (Å²) in [6.45, 7) is 3.91. The molecule has 122 valence electrons. The van der Waals surface area contributed by atoms with E-state index in [0.717, 1.165) is 17.4 Å². The number of hydrogen-bond donors (Lipinski definition) is 2. The van der Waals surface area contributed by atoms with Gasteiger partial charge in [0, 0.05) is 11.3 Å². The Hall–Kier alpha value is -2.34. The lowest BCUT2D eigenvalue weighted by atomic mass is 10.0. The minimum absolute atomic E-state index is 0.143. The van der Waals surface area contributed by atoms with E-state index >= 15 is 0 Å². The van der Waals surface area contributed by atoms with E-state index in [0.29, 0.717) is 11.3 Å². The monoisotopic (exact) mass is 332 g/mol. The predicted molar refractivity (Wildman–Crippen MR) is 92.0 cm³/mol. The number of aryl methyl sites for hydroxylation is 1. The number of nitrogens with one attached hydrogen (secondary N) is 2. The van der Waals surface area contributed by atoms with Crippen LogP contribution in [-0.2, 0) is 10.0 Å². The summed E-state index contributed by atoms with van der Waals surface area (Å²) >= 11 is 0. The van der Waals surface area contributed by atoms with Gasteiger partial charge < -0.3 is 5.32 Å². The van der Waals surface area contributed by atoms with Crippen molar-refractivity contribution in [3.63, 3.8) is 0 Å². The minimum atomic E-state index is -3.37. The van der Waals surface area contributed by atoms with Gasteiger partial charge in [0.15, 0.2) is 0 Å². The van der Waals surface area contributed by atoms with Crippen molar-refractivity contribution in [3.05, 3.63) is 65.2 Å². The van der Waals surface area contributed by atoms with Crippen LogP contribution in [0.2, 0.25) is 0 Å². The summed E-state index contributed by atoms with van der Waals surface area (Å²) in [4.78, 5) is 12.4. The first-order valence-corrected chi connectivity index (χ1v) is 9.09. The second-order valence-corrected chi connectivity index (χ2v) is 7.26. The number of rotatable bonds is 5. The van der Waals surface area contributed by atoms with Gasteiger partial charge in [-0.05, 0) is 43.2 Å². The van der Waals surface area contributed by atoms with E-state index in [4.69, 9.17) is 0 Å². The highest BCUT2D eigenvalue weighted by atomic mass is 32.2. The summed E-state index contributed by atoms with van der Waals surface area (Å²) in [5.74, 6) is -0.252. The summed E-state index contributed by atoms with van der Waals surface area (Å²) in [6.07, 6.45) is 1.07. The zero-order valence-corrected chi connectivity index (χ0v) is 14.1.